The van der Waals surface area contributed by atoms with Crippen LogP contribution in [0.2, 0.25) is 0 Å². The van der Waals surface area contributed by atoms with Gasteiger partial charge in [0.2, 0.25) is 0 Å². The van der Waals surface area contributed by atoms with Crippen LogP contribution in [0.4, 0.5) is 8.78 Å². The highest BCUT2D eigenvalue weighted by atomic mass is 19.1. The molecule has 2 aromatic carbocycles. The molecule has 0 spiro atoms. The maximum absolute atomic E-state index is 14.3. The average Bonchev–Trinajstić information content (AvgIpc) is 3.41. The number of ether oxygens (including phenoxy) is 1. The van der Waals surface area contributed by atoms with E-state index in [0.717, 1.165) is 36.3 Å². The van der Waals surface area contributed by atoms with Crippen molar-refractivity contribution >= 4 is 11.6 Å². The summed E-state index contributed by atoms with van der Waals surface area (Å²) in [6, 6.07) is 12.5. The molecular weight excluding hydrogens is 554 g/mol. The summed E-state index contributed by atoms with van der Waals surface area (Å²) in [5.74, 6) is -0.990. The Morgan fingerprint density at radius 1 is 1.09 bits per heavy atom. The zero-order valence-electron chi connectivity index (χ0n) is 25.3. The van der Waals surface area contributed by atoms with E-state index in [2.05, 4.69) is 10.1 Å². The maximum atomic E-state index is 14.3. The largest absolute Gasteiger partial charge is 0.496 e. The standard InChI is InChI=1S/C34H40F2N2O5/c1-32(2,26-7-5-6-8-30(26)42-4)17-24(39)18-34(20-38(21-34)23-11-13-33(3,41)14-12-23)19-29(40)28-16-31(43-37-28)25-10-9-22(35)15-27(25)36/h5-10,15-16,23,41H,11-14,17-21H2,1-4H3. The number of Topliss-reactive ketones (excluding diaryl/α,β-unsaturated/α-hetero) is 2. The molecule has 230 valence electrons. The van der Waals surface area contributed by atoms with Crippen LogP contribution in [0, 0.1) is 17.0 Å². The van der Waals surface area contributed by atoms with E-state index in [0.29, 0.717) is 32.0 Å². The second kappa shape index (κ2) is 11.9. The zero-order chi connectivity index (χ0) is 31.0. The first-order chi connectivity index (χ1) is 20.3. The summed E-state index contributed by atoms with van der Waals surface area (Å²) in [7, 11) is 1.62. The number of para-hydroxylation sites is 1. The molecule has 5 rings (SSSR count). The van der Waals surface area contributed by atoms with Gasteiger partial charge in [-0.3, -0.25) is 14.5 Å². The van der Waals surface area contributed by atoms with E-state index in [-0.39, 0.29) is 47.8 Å². The molecule has 1 aliphatic carbocycles. The van der Waals surface area contributed by atoms with Crippen LogP contribution in [-0.4, -0.2) is 58.6 Å². The summed E-state index contributed by atoms with van der Waals surface area (Å²) >= 11 is 0. The molecule has 0 bridgehead atoms. The third kappa shape index (κ3) is 6.88. The van der Waals surface area contributed by atoms with Crippen LogP contribution >= 0.6 is 0 Å². The summed E-state index contributed by atoms with van der Waals surface area (Å²) in [5, 5.41) is 14.3. The second-order valence-electron chi connectivity index (χ2n) is 13.4. The number of hydrogen-bond donors (Lipinski definition) is 1. The van der Waals surface area contributed by atoms with E-state index >= 15 is 0 Å². The number of ketones is 2. The molecule has 9 heteroatoms. The molecule has 1 saturated carbocycles. The molecule has 0 radical (unpaired) electrons. The van der Waals surface area contributed by atoms with Gasteiger partial charge < -0.3 is 14.4 Å². The number of aliphatic hydroxyl groups is 1. The lowest BCUT2D eigenvalue weighted by molar-refractivity contribution is -0.128. The van der Waals surface area contributed by atoms with Crippen molar-refractivity contribution in [3.05, 3.63) is 71.4 Å². The summed E-state index contributed by atoms with van der Waals surface area (Å²) in [6.07, 6.45) is 3.76. The minimum Gasteiger partial charge on any atom is -0.496 e. The van der Waals surface area contributed by atoms with Crippen LogP contribution in [0.25, 0.3) is 11.3 Å². The summed E-state index contributed by atoms with van der Waals surface area (Å²) in [6.45, 7) is 7.09. The molecule has 3 aromatic rings. The Hall–Kier alpha value is -3.43. The summed E-state index contributed by atoms with van der Waals surface area (Å²) < 4.78 is 38.5. The number of hydrogen-bond acceptors (Lipinski definition) is 7. The van der Waals surface area contributed by atoms with Crippen molar-refractivity contribution in [3.63, 3.8) is 0 Å². The molecule has 1 aliphatic heterocycles. The lowest BCUT2D eigenvalue weighted by Gasteiger charge is -2.55. The van der Waals surface area contributed by atoms with Crippen LogP contribution in [0.5, 0.6) is 5.75 Å². The molecule has 0 atom stereocenters. The van der Waals surface area contributed by atoms with Crippen molar-refractivity contribution < 1.29 is 32.7 Å². The minimum atomic E-state index is -0.809. The molecule has 0 unspecified atom stereocenters. The van der Waals surface area contributed by atoms with Gasteiger partial charge in [0.15, 0.2) is 11.5 Å². The first kappa shape index (κ1) is 31.0. The van der Waals surface area contributed by atoms with Crippen LogP contribution in [0.15, 0.2) is 53.1 Å². The molecule has 1 N–H and O–H groups in total. The van der Waals surface area contributed by atoms with Gasteiger partial charge in [0.05, 0.1) is 18.3 Å². The fraction of sp³-hybridized carbons (Fsp3) is 0.500. The lowest BCUT2D eigenvalue weighted by Crippen LogP contribution is -2.62. The quantitative estimate of drug-likeness (QED) is 0.253. The van der Waals surface area contributed by atoms with Gasteiger partial charge in [-0.2, -0.15) is 0 Å². The fourth-order valence-corrected chi connectivity index (χ4v) is 6.88. The van der Waals surface area contributed by atoms with Crippen LogP contribution in [0.3, 0.4) is 0 Å². The number of aromatic nitrogens is 1. The molecule has 2 aliphatic rings. The van der Waals surface area contributed by atoms with Gasteiger partial charge in [0, 0.05) is 66.9 Å². The van der Waals surface area contributed by atoms with Gasteiger partial charge in [-0.25, -0.2) is 8.78 Å². The van der Waals surface area contributed by atoms with E-state index in [1.165, 1.54) is 12.1 Å². The van der Waals surface area contributed by atoms with Crippen LogP contribution in [-0.2, 0) is 10.2 Å². The monoisotopic (exact) mass is 594 g/mol. The number of methoxy groups -OCH3 is 1. The first-order valence-corrected chi connectivity index (χ1v) is 14.9. The molecule has 1 aromatic heterocycles. The normalized spacial score (nSPS) is 22.2. The minimum absolute atomic E-state index is 0.0133. The molecule has 2 fully saturated rings. The Labute approximate surface area is 251 Å². The van der Waals surface area contributed by atoms with Gasteiger partial charge in [-0.15, -0.1) is 0 Å². The highest BCUT2D eigenvalue weighted by molar-refractivity contribution is 5.96. The Kier molecular flexibility index (Phi) is 8.60. The van der Waals surface area contributed by atoms with Crippen LogP contribution < -0.4 is 4.74 Å². The third-order valence-electron chi connectivity index (χ3n) is 9.20. The number of likely N-dealkylation sites (tertiary alicyclic amines) is 1. The van der Waals surface area contributed by atoms with E-state index in [1.807, 2.05) is 45.0 Å². The second-order valence-corrected chi connectivity index (χ2v) is 13.4. The number of rotatable bonds is 11. The Bertz CT molecular complexity index is 1480. The predicted octanol–water partition coefficient (Wildman–Crippen LogP) is 6.52. The summed E-state index contributed by atoms with van der Waals surface area (Å²) in [4.78, 5) is 29.5. The SMILES string of the molecule is COc1ccccc1C(C)(C)CC(=O)CC1(CC(=O)c2cc(-c3ccc(F)cc3F)on2)CN(C2CCC(C)(O)CC2)C1. The number of nitrogens with zero attached hydrogens (tertiary/aromatic N) is 2. The highest BCUT2D eigenvalue weighted by Crippen LogP contribution is 2.45. The molecular formula is C34H40F2N2O5. The van der Waals surface area contributed by atoms with E-state index in [1.54, 1.807) is 7.11 Å². The van der Waals surface area contributed by atoms with Gasteiger partial charge in [-0.1, -0.05) is 37.2 Å². The van der Waals surface area contributed by atoms with Crippen molar-refractivity contribution in [1.29, 1.82) is 0 Å². The molecule has 0 amide bonds. The van der Waals surface area contributed by atoms with Gasteiger partial charge >= 0.3 is 0 Å². The van der Waals surface area contributed by atoms with Crippen molar-refractivity contribution in [3.8, 4) is 17.1 Å². The Balaban J connectivity index is 1.32. The highest BCUT2D eigenvalue weighted by Gasteiger charge is 2.49. The van der Waals surface area contributed by atoms with Gasteiger partial charge in [0.1, 0.15) is 28.9 Å². The molecule has 1 saturated heterocycles. The van der Waals surface area contributed by atoms with E-state index in [4.69, 9.17) is 9.26 Å². The van der Waals surface area contributed by atoms with Crippen molar-refractivity contribution in [2.24, 2.45) is 5.41 Å². The third-order valence-corrected chi connectivity index (χ3v) is 9.20. The topological polar surface area (TPSA) is 92.9 Å². The summed E-state index contributed by atoms with van der Waals surface area (Å²) in [5.41, 5.74) is -0.697. The molecule has 43 heavy (non-hydrogen) atoms. The number of halogens is 2. The Morgan fingerprint density at radius 3 is 2.47 bits per heavy atom. The van der Waals surface area contributed by atoms with Gasteiger partial charge in [0.25, 0.3) is 0 Å². The van der Waals surface area contributed by atoms with E-state index in [9.17, 15) is 23.5 Å². The lowest BCUT2D eigenvalue weighted by atomic mass is 9.68. The van der Waals surface area contributed by atoms with Crippen LogP contribution in [0.1, 0.15) is 81.8 Å². The van der Waals surface area contributed by atoms with Crippen molar-refractivity contribution in [2.45, 2.75) is 82.8 Å². The Morgan fingerprint density at radius 2 is 1.79 bits per heavy atom. The molecule has 2 heterocycles. The number of carbonyl (C=O) groups is 2. The number of benzene rings is 2. The van der Waals surface area contributed by atoms with Gasteiger partial charge in [-0.05, 0) is 50.8 Å². The smallest absolute Gasteiger partial charge is 0.185 e. The average molecular weight is 595 g/mol. The van der Waals surface area contributed by atoms with Crippen molar-refractivity contribution in [1.82, 2.24) is 10.1 Å². The number of carbonyl (C=O) groups excluding carboxylic acids is 2. The molecule has 7 nitrogen and oxygen atoms in total. The van der Waals surface area contributed by atoms with E-state index < -0.39 is 28.1 Å². The first-order valence-electron chi connectivity index (χ1n) is 14.9. The maximum Gasteiger partial charge on any atom is 0.185 e. The fourth-order valence-electron chi connectivity index (χ4n) is 6.88. The zero-order valence-corrected chi connectivity index (χ0v) is 25.3. The predicted molar refractivity (Wildman–Crippen MR) is 158 cm³/mol. The van der Waals surface area contributed by atoms with Crippen molar-refractivity contribution in [2.75, 3.05) is 20.2 Å².